The number of benzene rings is 1. The molecule has 1 N–H and O–H groups in total. The lowest BCUT2D eigenvalue weighted by atomic mass is 10.1. The Labute approximate surface area is 85.5 Å². The minimum atomic E-state index is -0.636. The Morgan fingerprint density at radius 3 is 2.33 bits per heavy atom. The average Bonchev–Trinajstić information content (AvgIpc) is 2.28. The molecule has 0 aromatic heterocycles. The van der Waals surface area contributed by atoms with Crippen LogP contribution in [0.15, 0.2) is 34.5 Å². The van der Waals surface area contributed by atoms with E-state index in [9.17, 15) is 4.79 Å². The van der Waals surface area contributed by atoms with Crippen LogP contribution in [-0.4, -0.2) is 16.8 Å². The van der Waals surface area contributed by atoms with Crippen molar-refractivity contribution in [3.8, 4) is 0 Å². The Morgan fingerprint density at radius 1 is 1.33 bits per heavy atom. The molecule has 0 atom stereocenters. The van der Waals surface area contributed by atoms with Gasteiger partial charge in [-0.2, -0.15) is 0 Å². The van der Waals surface area contributed by atoms with Crippen molar-refractivity contribution in [3.63, 3.8) is 0 Å². The van der Waals surface area contributed by atoms with Gasteiger partial charge in [0.1, 0.15) is 0 Å². The maximum atomic E-state index is 11.1. The Kier molecular flexibility index (Phi) is 3.43. The largest absolute Gasteiger partial charge is 0.411 e. The van der Waals surface area contributed by atoms with E-state index in [0.29, 0.717) is 16.8 Å². The van der Waals surface area contributed by atoms with E-state index in [-0.39, 0.29) is 0 Å². The van der Waals surface area contributed by atoms with E-state index < -0.39 is 5.91 Å². The molecule has 0 unspecified atom stereocenters. The van der Waals surface area contributed by atoms with Crippen molar-refractivity contribution in [3.05, 3.63) is 45.8 Å². The third kappa shape index (κ3) is 2.55. The molecule has 76 valence electrons. The van der Waals surface area contributed by atoms with Crippen LogP contribution in [0.4, 0.5) is 0 Å². The first-order valence-corrected chi connectivity index (χ1v) is 4.07. The number of carbonyl (C=O) groups excluding carboxylic acids is 1. The minimum absolute atomic E-state index is 0.294. The molecule has 0 saturated carbocycles. The zero-order chi connectivity index (χ0) is 11.3. The molecular formula is C9H8N4O2. The smallest absolute Gasteiger partial charge is 0.249 e. The molecule has 0 aliphatic rings. The summed E-state index contributed by atoms with van der Waals surface area (Å²) in [5, 5.41) is 14.5. The van der Waals surface area contributed by atoms with Crippen LogP contribution in [0.3, 0.4) is 0 Å². The Balaban J connectivity index is 3.00. The molecule has 1 amide bonds. The predicted molar refractivity (Wildman–Crippen MR) is 53.9 cm³/mol. The van der Waals surface area contributed by atoms with Crippen LogP contribution in [0, 0.1) is 0 Å². The molecule has 1 aromatic carbocycles. The van der Waals surface area contributed by atoms with Gasteiger partial charge < -0.3 is 5.21 Å². The molecule has 0 heterocycles. The summed E-state index contributed by atoms with van der Waals surface area (Å²) in [4.78, 5) is 13.5. The van der Waals surface area contributed by atoms with E-state index in [1.165, 1.54) is 12.1 Å². The van der Waals surface area contributed by atoms with E-state index in [0.717, 1.165) is 0 Å². The van der Waals surface area contributed by atoms with Crippen molar-refractivity contribution >= 4 is 11.6 Å². The summed E-state index contributed by atoms with van der Waals surface area (Å²) in [5.41, 5.74) is 9.49. The van der Waals surface area contributed by atoms with Crippen LogP contribution in [0.25, 0.3) is 10.4 Å². The molecule has 1 aromatic rings. The van der Waals surface area contributed by atoms with Crippen LogP contribution < -0.4 is 0 Å². The molecule has 15 heavy (non-hydrogen) atoms. The molecule has 0 aliphatic heterocycles. The minimum Gasteiger partial charge on any atom is -0.411 e. The van der Waals surface area contributed by atoms with Crippen molar-refractivity contribution in [1.29, 1.82) is 0 Å². The first kappa shape index (κ1) is 10.7. The summed E-state index contributed by atoms with van der Waals surface area (Å²) in [6.45, 7) is 1.63. The zero-order valence-corrected chi connectivity index (χ0v) is 7.95. The van der Waals surface area contributed by atoms with Crippen LogP contribution in [-0.2, 0) is 0 Å². The normalized spacial score (nSPS) is 10.6. The van der Waals surface area contributed by atoms with Crippen molar-refractivity contribution in [2.75, 3.05) is 0 Å². The van der Waals surface area contributed by atoms with Gasteiger partial charge in [0.25, 0.3) is 0 Å². The topological polar surface area (TPSA) is 98.4 Å². The summed E-state index contributed by atoms with van der Waals surface area (Å²) in [6.07, 6.45) is 0. The summed E-state index contributed by atoms with van der Waals surface area (Å²) in [5.74, 6) is -0.636. The number of nitrogens with zero attached hydrogens (tertiary/aromatic N) is 4. The van der Waals surface area contributed by atoms with Gasteiger partial charge in [0.05, 0.1) is 5.71 Å². The summed E-state index contributed by atoms with van der Waals surface area (Å²) >= 11 is 0. The van der Waals surface area contributed by atoms with Crippen LogP contribution in [0.1, 0.15) is 22.8 Å². The highest BCUT2D eigenvalue weighted by Gasteiger charge is 2.03. The van der Waals surface area contributed by atoms with Crippen LogP contribution >= 0.6 is 0 Å². The lowest BCUT2D eigenvalue weighted by molar-refractivity contribution is 0.100. The van der Waals surface area contributed by atoms with Crippen molar-refractivity contribution < 1.29 is 10.0 Å². The molecule has 0 spiro atoms. The third-order valence-electron chi connectivity index (χ3n) is 1.84. The van der Waals surface area contributed by atoms with Crippen LogP contribution in [0.5, 0.6) is 0 Å². The number of carbonyl (C=O) groups is 1. The number of azide groups is 1. The molecule has 1 rings (SSSR count). The average molecular weight is 204 g/mol. The number of amides is 1. The summed E-state index contributed by atoms with van der Waals surface area (Å²) in [6, 6.07) is 6.21. The molecule has 6 nitrogen and oxygen atoms in total. The van der Waals surface area contributed by atoms with Gasteiger partial charge >= 0.3 is 0 Å². The second kappa shape index (κ2) is 4.78. The first-order chi connectivity index (χ1) is 7.19. The fraction of sp³-hybridized carbons (Fsp3) is 0.111. The van der Waals surface area contributed by atoms with Gasteiger partial charge in [-0.25, -0.2) is 0 Å². The summed E-state index contributed by atoms with van der Waals surface area (Å²) in [7, 11) is 0. The second-order valence-corrected chi connectivity index (χ2v) is 2.76. The van der Waals surface area contributed by atoms with Gasteiger partial charge in [-0.15, -0.1) is 0 Å². The lowest BCUT2D eigenvalue weighted by Gasteiger charge is -1.99. The monoisotopic (exact) mass is 204 g/mol. The molecule has 0 radical (unpaired) electrons. The first-order valence-electron chi connectivity index (χ1n) is 4.07. The molecule has 6 heteroatoms. The van der Waals surface area contributed by atoms with Crippen LogP contribution in [0.2, 0.25) is 0 Å². The van der Waals surface area contributed by atoms with Gasteiger partial charge in [0.15, 0.2) is 0 Å². The number of hydrogen-bond acceptors (Lipinski definition) is 3. The lowest BCUT2D eigenvalue weighted by Crippen LogP contribution is -1.97. The molecule has 0 aliphatic carbocycles. The van der Waals surface area contributed by atoms with Crippen molar-refractivity contribution in [1.82, 2.24) is 0 Å². The van der Waals surface area contributed by atoms with Gasteiger partial charge in [-0.05, 0) is 23.1 Å². The van der Waals surface area contributed by atoms with Gasteiger partial charge in [-0.3, -0.25) is 4.79 Å². The van der Waals surface area contributed by atoms with Crippen molar-refractivity contribution in [2.24, 2.45) is 10.3 Å². The third-order valence-corrected chi connectivity index (χ3v) is 1.84. The SMILES string of the molecule is C/C(=N\O)c1ccc(C(=O)N=[N+]=[N-])cc1. The van der Waals surface area contributed by atoms with Gasteiger partial charge in [0, 0.05) is 10.5 Å². The quantitative estimate of drug-likeness (QED) is 0.200. The standard InChI is InChI=1S/C9H8N4O2/c1-6(12-15)7-2-4-8(5-3-7)9(14)11-13-10/h2-5,15H,1H3/b12-6+. The highest BCUT2D eigenvalue weighted by molar-refractivity contribution is 6.00. The summed E-state index contributed by atoms with van der Waals surface area (Å²) < 4.78 is 0. The van der Waals surface area contributed by atoms with E-state index in [2.05, 4.69) is 15.2 Å². The highest BCUT2D eigenvalue weighted by Crippen LogP contribution is 2.07. The fourth-order valence-corrected chi connectivity index (χ4v) is 1.01. The number of oxime groups is 1. The number of hydrogen-bond donors (Lipinski definition) is 1. The second-order valence-electron chi connectivity index (χ2n) is 2.76. The zero-order valence-electron chi connectivity index (χ0n) is 7.95. The Bertz CT molecular complexity index is 444. The van der Waals surface area contributed by atoms with Gasteiger partial charge in [-0.1, -0.05) is 29.4 Å². The fourth-order valence-electron chi connectivity index (χ4n) is 1.01. The van der Waals surface area contributed by atoms with E-state index in [1.54, 1.807) is 19.1 Å². The Morgan fingerprint density at radius 2 is 1.87 bits per heavy atom. The predicted octanol–water partition coefficient (Wildman–Crippen LogP) is 2.34. The van der Waals surface area contributed by atoms with E-state index in [1.807, 2.05) is 0 Å². The van der Waals surface area contributed by atoms with E-state index >= 15 is 0 Å². The van der Waals surface area contributed by atoms with E-state index in [4.69, 9.17) is 10.7 Å². The number of rotatable bonds is 2. The highest BCUT2D eigenvalue weighted by atomic mass is 16.4. The molecule has 0 saturated heterocycles. The molecule has 0 fully saturated rings. The maximum Gasteiger partial charge on any atom is 0.249 e. The van der Waals surface area contributed by atoms with Gasteiger partial charge in [0.2, 0.25) is 5.91 Å². The van der Waals surface area contributed by atoms with Crippen molar-refractivity contribution in [2.45, 2.75) is 6.92 Å². The molecule has 0 bridgehead atoms. The maximum absolute atomic E-state index is 11.1. The Hall–Kier alpha value is -2.33. The molecular weight excluding hydrogens is 196 g/mol.